The summed E-state index contributed by atoms with van der Waals surface area (Å²) < 4.78 is 3.41. The Hall–Kier alpha value is -3.16. The second-order valence-electron chi connectivity index (χ2n) is 8.53. The molecule has 3 aromatic rings. The topological polar surface area (TPSA) is 102 Å². The second kappa shape index (κ2) is 10.4. The number of aromatic nitrogens is 4. The van der Waals surface area contributed by atoms with E-state index in [9.17, 15) is 14.4 Å². The molecule has 0 bridgehead atoms. The van der Waals surface area contributed by atoms with Crippen LogP contribution in [0, 0.1) is 5.92 Å². The van der Waals surface area contributed by atoms with Gasteiger partial charge in [-0.25, -0.2) is 9.78 Å². The van der Waals surface area contributed by atoms with Crippen molar-refractivity contribution in [3.05, 3.63) is 56.5 Å². The monoisotopic (exact) mass is 439 g/mol. The molecule has 1 aromatic carbocycles. The van der Waals surface area contributed by atoms with Crippen molar-refractivity contribution < 1.29 is 4.79 Å². The van der Waals surface area contributed by atoms with E-state index in [0.29, 0.717) is 36.5 Å². The van der Waals surface area contributed by atoms with Crippen molar-refractivity contribution in [3.63, 3.8) is 0 Å². The van der Waals surface area contributed by atoms with Crippen LogP contribution in [0.2, 0.25) is 0 Å². The molecule has 0 aliphatic rings. The van der Waals surface area contributed by atoms with Gasteiger partial charge in [-0.05, 0) is 30.4 Å². The molecule has 0 radical (unpaired) electrons. The number of nitrogens with one attached hydrogen (secondary N) is 2. The zero-order valence-corrected chi connectivity index (χ0v) is 19.4. The molecule has 0 fully saturated rings. The highest BCUT2D eigenvalue weighted by Crippen LogP contribution is 2.18. The number of anilines is 1. The first-order chi connectivity index (χ1) is 15.3. The minimum absolute atomic E-state index is 0.105. The number of fused-ring (bicyclic) bond motifs is 1. The van der Waals surface area contributed by atoms with Crippen LogP contribution >= 0.6 is 0 Å². The third kappa shape index (κ3) is 5.18. The smallest absolute Gasteiger partial charge is 0.326 e. The van der Waals surface area contributed by atoms with Gasteiger partial charge in [-0.3, -0.25) is 19.1 Å². The Morgan fingerprint density at radius 3 is 2.59 bits per heavy atom. The van der Waals surface area contributed by atoms with Gasteiger partial charge in [0, 0.05) is 31.6 Å². The SMILES string of the molecule is CCCCn1c(=O)[nH]c(=O)c2c1nc(CCC(=O)Nc1ccccc1CC)n2CC(C)C. The Balaban J connectivity index is 1.92. The molecule has 1 amide bonds. The van der Waals surface area contributed by atoms with E-state index >= 15 is 0 Å². The van der Waals surface area contributed by atoms with Crippen LogP contribution in [0.15, 0.2) is 33.9 Å². The number of imidazole rings is 1. The standard InChI is InChI=1S/C24H33N5O3/c1-5-7-14-28-22-21(23(31)27-24(28)32)29(15-16(3)4)19(26-22)12-13-20(30)25-18-11-9-8-10-17(18)6-2/h8-11,16H,5-7,12-15H2,1-4H3,(H,25,30)(H,27,31,32). The average Bonchev–Trinajstić information content (AvgIpc) is 3.10. The van der Waals surface area contributed by atoms with Crippen LogP contribution in [-0.2, 0) is 30.7 Å². The van der Waals surface area contributed by atoms with E-state index in [1.165, 1.54) is 4.57 Å². The number of unbranched alkanes of at least 4 members (excludes halogenated alkanes) is 1. The molecule has 32 heavy (non-hydrogen) atoms. The highest BCUT2D eigenvalue weighted by molar-refractivity contribution is 5.91. The lowest BCUT2D eigenvalue weighted by Crippen LogP contribution is -2.31. The molecule has 0 saturated heterocycles. The van der Waals surface area contributed by atoms with E-state index in [1.807, 2.05) is 35.8 Å². The molecule has 2 aromatic heterocycles. The quantitative estimate of drug-likeness (QED) is 0.505. The molecule has 0 aliphatic carbocycles. The van der Waals surface area contributed by atoms with Crippen molar-refractivity contribution in [2.75, 3.05) is 5.32 Å². The van der Waals surface area contributed by atoms with Gasteiger partial charge in [-0.1, -0.05) is 52.3 Å². The lowest BCUT2D eigenvalue weighted by molar-refractivity contribution is -0.116. The molecule has 0 saturated carbocycles. The van der Waals surface area contributed by atoms with E-state index in [2.05, 4.69) is 36.1 Å². The number of carbonyl (C=O) groups is 1. The van der Waals surface area contributed by atoms with Crippen LogP contribution in [0.1, 0.15) is 58.3 Å². The number of para-hydroxylation sites is 1. The molecule has 8 nitrogen and oxygen atoms in total. The largest absolute Gasteiger partial charge is 0.330 e. The van der Waals surface area contributed by atoms with Crippen LogP contribution in [-0.4, -0.2) is 25.0 Å². The van der Waals surface area contributed by atoms with E-state index in [0.717, 1.165) is 30.5 Å². The molecule has 0 atom stereocenters. The van der Waals surface area contributed by atoms with Crippen LogP contribution < -0.4 is 16.6 Å². The number of aromatic amines is 1. The molecule has 8 heteroatoms. The summed E-state index contributed by atoms with van der Waals surface area (Å²) in [7, 11) is 0. The predicted octanol–water partition coefficient (Wildman–Crippen LogP) is 3.48. The Labute approximate surface area is 187 Å². The summed E-state index contributed by atoms with van der Waals surface area (Å²) in [5, 5.41) is 2.99. The van der Waals surface area contributed by atoms with Crippen LogP contribution in [0.5, 0.6) is 0 Å². The van der Waals surface area contributed by atoms with Gasteiger partial charge in [0.2, 0.25) is 5.91 Å². The number of H-pyrrole nitrogens is 1. The van der Waals surface area contributed by atoms with Crippen LogP contribution in [0.4, 0.5) is 5.69 Å². The Morgan fingerprint density at radius 2 is 1.91 bits per heavy atom. The second-order valence-corrected chi connectivity index (χ2v) is 8.53. The van der Waals surface area contributed by atoms with Crippen LogP contribution in [0.3, 0.4) is 0 Å². The molecule has 0 spiro atoms. The first-order valence-electron chi connectivity index (χ1n) is 11.5. The lowest BCUT2D eigenvalue weighted by Gasteiger charge is -2.12. The summed E-state index contributed by atoms with van der Waals surface area (Å²) in [5.41, 5.74) is 1.84. The van der Waals surface area contributed by atoms with Crippen molar-refractivity contribution in [2.45, 2.75) is 72.9 Å². The first kappa shape index (κ1) is 23.5. The third-order valence-electron chi connectivity index (χ3n) is 5.50. The lowest BCUT2D eigenvalue weighted by atomic mass is 10.1. The highest BCUT2D eigenvalue weighted by atomic mass is 16.2. The van der Waals surface area contributed by atoms with Crippen molar-refractivity contribution in [1.29, 1.82) is 0 Å². The molecule has 2 heterocycles. The first-order valence-corrected chi connectivity index (χ1v) is 11.5. The van der Waals surface area contributed by atoms with Gasteiger partial charge in [0.05, 0.1) is 0 Å². The van der Waals surface area contributed by atoms with Crippen molar-refractivity contribution in [3.8, 4) is 0 Å². The summed E-state index contributed by atoms with van der Waals surface area (Å²) in [5.74, 6) is 0.812. The number of hydrogen-bond acceptors (Lipinski definition) is 4. The normalized spacial score (nSPS) is 11.4. The highest BCUT2D eigenvalue weighted by Gasteiger charge is 2.20. The number of amides is 1. The summed E-state index contributed by atoms with van der Waals surface area (Å²) in [4.78, 5) is 44.9. The zero-order chi connectivity index (χ0) is 23.3. The van der Waals surface area contributed by atoms with Crippen molar-refractivity contribution in [1.82, 2.24) is 19.1 Å². The summed E-state index contributed by atoms with van der Waals surface area (Å²) >= 11 is 0. The molecule has 0 unspecified atom stereocenters. The van der Waals surface area contributed by atoms with Gasteiger partial charge in [0.15, 0.2) is 11.2 Å². The van der Waals surface area contributed by atoms with Gasteiger partial charge >= 0.3 is 5.69 Å². The fourth-order valence-corrected chi connectivity index (χ4v) is 3.88. The number of rotatable bonds is 10. The molecule has 2 N–H and O–H groups in total. The van der Waals surface area contributed by atoms with Gasteiger partial charge < -0.3 is 9.88 Å². The minimum atomic E-state index is -0.439. The number of benzene rings is 1. The third-order valence-corrected chi connectivity index (χ3v) is 5.50. The van der Waals surface area contributed by atoms with Crippen molar-refractivity contribution >= 4 is 22.8 Å². The fourth-order valence-electron chi connectivity index (χ4n) is 3.88. The van der Waals surface area contributed by atoms with Gasteiger partial charge in [0.1, 0.15) is 5.82 Å². The van der Waals surface area contributed by atoms with Crippen LogP contribution in [0.25, 0.3) is 11.2 Å². The van der Waals surface area contributed by atoms with E-state index in [1.54, 1.807) is 0 Å². The summed E-state index contributed by atoms with van der Waals surface area (Å²) in [6.45, 7) is 9.30. The van der Waals surface area contributed by atoms with Gasteiger partial charge in [-0.15, -0.1) is 0 Å². The van der Waals surface area contributed by atoms with E-state index in [4.69, 9.17) is 0 Å². The molecular weight excluding hydrogens is 406 g/mol. The predicted molar refractivity (Wildman–Crippen MR) is 127 cm³/mol. The zero-order valence-electron chi connectivity index (χ0n) is 19.4. The van der Waals surface area contributed by atoms with Crippen molar-refractivity contribution in [2.24, 2.45) is 5.92 Å². The maximum absolute atomic E-state index is 12.7. The van der Waals surface area contributed by atoms with E-state index < -0.39 is 11.2 Å². The number of carbonyl (C=O) groups excluding carboxylic acids is 1. The summed E-state index contributed by atoms with van der Waals surface area (Å²) in [6, 6.07) is 7.76. The average molecular weight is 440 g/mol. The molecular formula is C24H33N5O3. The number of aryl methyl sites for hydroxylation is 3. The van der Waals surface area contributed by atoms with E-state index in [-0.39, 0.29) is 18.2 Å². The Bertz CT molecular complexity index is 1200. The molecule has 3 rings (SSSR count). The molecule has 0 aliphatic heterocycles. The molecule has 172 valence electrons. The maximum atomic E-state index is 12.7. The van der Waals surface area contributed by atoms with Gasteiger partial charge in [-0.2, -0.15) is 0 Å². The number of hydrogen-bond donors (Lipinski definition) is 2. The minimum Gasteiger partial charge on any atom is -0.326 e. The summed E-state index contributed by atoms with van der Waals surface area (Å²) in [6.07, 6.45) is 3.18. The Kier molecular flexibility index (Phi) is 7.66. The Morgan fingerprint density at radius 1 is 1.16 bits per heavy atom. The fraction of sp³-hybridized carbons (Fsp3) is 0.500. The maximum Gasteiger partial charge on any atom is 0.330 e. The van der Waals surface area contributed by atoms with Gasteiger partial charge in [0.25, 0.3) is 5.56 Å². The number of nitrogens with zero attached hydrogens (tertiary/aromatic N) is 3.